The first kappa shape index (κ1) is 15.2. The van der Waals surface area contributed by atoms with Crippen molar-refractivity contribution in [2.75, 3.05) is 6.61 Å². The molecule has 2 saturated carbocycles. The topological polar surface area (TPSA) is 44.8 Å². The predicted molar refractivity (Wildman–Crippen MR) is 88.1 cm³/mol. The van der Waals surface area contributed by atoms with E-state index in [9.17, 15) is 4.79 Å². The fourth-order valence-corrected chi connectivity index (χ4v) is 7.23. The van der Waals surface area contributed by atoms with Gasteiger partial charge in [-0.2, -0.15) is 0 Å². The molecular weight excluding hydrogens is 304 g/mol. The van der Waals surface area contributed by atoms with Crippen LogP contribution in [0.5, 0.6) is 0 Å². The second-order valence-electron chi connectivity index (χ2n) is 9.42. The summed E-state index contributed by atoms with van der Waals surface area (Å²) in [5, 5.41) is 0. The number of rotatable bonds is 0. The zero-order valence-electron chi connectivity index (χ0n) is 15.0. The van der Waals surface area contributed by atoms with Gasteiger partial charge >= 0.3 is 5.97 Å². The van der Waals surface area contributed by atoms with Gasteiger partial charge in [0.05, 0.1) is 17.3 Å². The van der Waals surface area contributed by atoms with E-state index < -0.39 is 0 Å². The molecule has 2 spiro atoms. The van der Waals surface area contributed by atoms with E-state index in [1.807, 2.05) is 0 Å². The first-order valence-electron chi connectivity index (χ1n) is 9.56. The van der Waals surface area contributed by atoms with Crippen molar-refractivity contribution in [2.24, 2.45) is 22.7 Å². The highest BCUT2D eigenvalue weighted by Crippen LogP contribution is 2.70. The summed E-state index contributed by atoms with van der Waals surface area (Å²) in [5.41, 5.74) is -0.746. The Bertz CT molecular complexity index is 629. The Kier molecular flexibility index (Phi) is 2.78. The molecule has 4 fully saturated rings. The Labute approximate surface area is 143 Å². The zero-order chi connectivity index (χ0) is 16.8. The molecule has 0 bridgehead atoms. The Hall–Kier alpha value is -1.03. The summed E-state index contributed by atoms with van der Waals surface area (Å²) in [6.45, 7) is 7.47. The number of fused-ring (bicyclic) bond motifs is 1. The van der Waals surface area contributed by atoms with Crippen LogP contribution in [0.1, 0.15) is 59.3 Å². The summed E-state index contributed by atoms with van der Waals surface area (Å²) >= 11 is 0. The molecule has 0 radical (unpaired) electrons. The van der Waals surface area contributed by atoms with Gasteiger partial charge in [-0.05, 0) is 51.0 Å². The lowest BCUT2D eigenvalue weighted by molar-refractivity contribution is -0.245. The van der Waals surface area contributed by atoms with Gasteiger partial charge in [-0.1, -0.05) is 20.3 Å². The second-order valence-corrected chi connectivity index (χ2v) is 9.42. The molecule has 0 unspecified atom stereocenters. The maximum atomic E-state index is 12.7. The van der Waals surface area contributed by atoms with E-state index in [-0.39, 0.29) is 40.0 Å². The minimum atomic E-state index is -0.327. The van der Waals surface area contributed by atoms with Crippen molar-refractivity contribution < 1.29 is 19.0 Å². The van der Waals surface area contributed by atoms with E-state index >= 15 is 0 Å². The van der Waals surface area contributed by atoms with Gasteiger partial charge in [-0.3, -0.25) is 4.79 Å². The third-order valence-corrected chi connectivity index (χ3v) is 8.31. The fourth-order valence-electron chi connectivity index (χ4n) is 7.23. The maximum absolute atomic E-state index is 12.7. The lowest BCUT2D eigenvalue weighted by Gasteiger charge is -2.62. The van der Waals surface area contributed by atoms with Gasteiger partial charge in [-0.25, -0.2) is 0 Å². The van der Waals surface area contributed by atoms with Crippen LogP contribution in [0.2, 0.25) is 0 Å². The number of esters is 1. The molecule has 5 aliphatic rings. The van der Waals surface area contributed by atoms with Crippen LogP contribution in [-0.2, 0) is 19.0 Å². The zero-order valence-corrected chi connectivity index (χ0v) is 15.0. The van der Waals surface area contributed by atoms with Crippen molar-refractivity contribution in [3.63, 3.8) is 0 Å². The molecule has 0 aromatic heterocycles. The van der Waals surface area contributed by atoms with Crippen LogP contribution in [0.15, 0.2) is 12.3 Å². The van der Waals surface area contributed by atoms with Crippen LogP contribution in [0.4, 0.5) is 0 Å². The average molecular weight is 332 g/mol. The first-order chi connectivity index (χ1) is 11.4. The molecule has 132 valence electrons. The monoisotopic (exact) mass is 332 g/mol. The maximum Gasteiger partial charge on any atom is 0.312 e. The lowest BCUT2D eigenvalue weighted by Crippen LogP contribution is -2.65. The highest BCUT2D eigenvalue weighted by atomic mass is 16.6. The molecule has 5 rings (SSSR count). The first-order valence-corrected chi connectivity index (χ1v) is 9.56. The molecule has 3 aliphatic heterocycles. The number of ether oxygens (including phenoxy) is 3. The van der Waals surface area contributed by atoms with Gasteiger partial charge in [0, 0.05) is 11.3 Å². The molecule has 2 aliphatic carbocycles. The Morgan fingerprint density at radius 2 is 2.00 bits per heavy atom. The average Bonchev–Trinajstić information content (AvgIpc) is 3.20. The minimum absolute atomic E-state index is 0.00553. The van der Waals surface area contributed by atoms with E-state index in [1.54, 1.807) is 6.26 Å². The number of carbonyl (C=O) groups excluding carboxylic acids is 1. The number of hydrogen-bond donors (Lipinski definition) is 0. The summed E-state index contributed by atoms with van der Waals surface area (Å²) in [7, 11) is 0. The van der Waals surface area contributed by atoms with Crippen molar-refractivity contribution in [3.05, 3.63) is 12.3 Å². The van der Waals surface area contributed by atoms with Crippen LogP contribution in [-0.4, -0.2) is 29.9 Å². The van der Waals surface area contributed by atoms with Gasteiger partial charge in [0.25, 0.3) is 0 Å². The summed E-state index contributed by atoms with van der Waals surface area (Å²) < 4.78 is 18.4. The van der Waals surface area contributed by atoms with Gasteiger partial charge < -0.3 is 14.2 Å². The largest absolute Gasteiger partial charge is 0.498 e. The highest BCUT2D eigenvalue weighted by Gasteiger charge is 2.74. The highest BCUT2D eigenvalue weighted by molar-refractivity contribution is 5.80. The van der Waals surface area contributed by atoms with Crippen LogP contribution in [0.25, 0.3) is 0 Å². The number of hydrogen-bond acceptors (Lipinski definition) is 4. The van der Waals surface area contributed by atoms with E-state index in [1.165, 1.54) is 0 Å². The second kappa shape index (κ2) is 4.38. The molecule has 7 atom stereocenters. The molecular formula is C20H28O4. The molecule has 2 saturated heterocycles. The Balaban J connectivity index is 1.62. The standard InChI is InChI=1S/C20H28O4/c1-13-11-14-15-17(2,16(21)23-14)5-4-6-18(15,3)20(13)8-7-19(24-20)9-10-22-12-19/h9-10,13-15H,4-8,11-12H2,1-3H3/t13-,14-,15-,17+,18+,19+,20-/m1/s1. The fraction of sp³-hybridized carbons (Fsp3) is 0.850. The third kappa shape index (κ3) is 1.53. The Morgan fingerprint density at radius 3 is 2.75 bits per heavy atom. The summed E-state index contributed by atoms with van der Waals surface area (Å²) in [4.78, 5) is 12.7. The van der Waals surface area contributed by atoms with Gasteiger partial charge in [-0.15, -0.1) is 0 Å². The summed E-state index contributed by atoms with van der Waals surface area (Å²) in [6, 6.07) is 0. The van der Waals surface area contributed by atoms with Crippen molar-refractivity contribution in [3.8, 4) is 0 Å². The molecule has 4 nitrogen and oxygen atoms in total. The van der Waals surface area contributed by atoms with E-state index in [4.69, 9.17) is 14.2 Å². The van der Waals surface area contributed by atoms with Crippen LogP contribution >= 0.6 is 0 Å². The van der Waals surface area contributed by atoms with Crippen molar-refractivity contribution in [2.45, 2.75) is 76.6 Å². The summed E-state index contributed by atoms with van der Waals surface area (Å²) in [6.07, 6.45) is 10.2. The minimum Gasteiger partial charge on any atom is -0.498 e. The molecule has 0 aromatic carbocycles. The van der Waals surface area contributed by atoms with Gasteiger partial charge in [0.2, 0.25) is 0 Å². The molecule has 0 amide bonds. The van der Waals surface area contributed by atoms with Crippen molar-refractivity contribution in [1.29, 1.82) is 0 Å². The normalized spacial score (nSPS) is 58.1. The van der Waals surface area contributed by atoms with E-state index in [2.05, 4.69) is 26.8 Å². The predicted octanol–water partition coefficient (Wildman–Crippen LogP) is 3.60. The van der Waals surface area contributed by atoms with E-state index in [0.29, 0.717) is 12.5 Å². The van der Waals surface area contributed by atoms with Crippen LogP contribution in [0, 0.1) is 22.7 Å². The van der Waals surface area contributed by atoms with Gasteiger partial charge in [0.15, 0.2) is 0 Å². The van der Waals surface area contributed by atoms with Gasteiger partial charge in [0.1, 0.15) is 18.3 Å². The molecule has 24 heavy (non-hydrogen) atoms. The third-order valence-electron chi connectivity index (χ3n) is 8.31. The lowest BCUT2D eigenvalue weighted by atomic mass is 9.44. The van der Waals surface area contributed by atoms with Crippen LogP contribution in [0.3, 0.4) is 0 Å². The molecule has 4 heteroatoms. The van der Waals surface area contributed by atoms with E-state index in [0.717, 1.165) is 38.5 Å². The Morgan fingerprint density at radius 1 is 1.17 bits per heavy atom. The molecule has 3 heterocycles. The smallest absolute Gasteiger partial charge is 0.312 e. The van der Waals surface area contributed by atoms with Crippen molar-refractivity contribution >= 4 is 5.97 Å². The van der Waals surface area contributed by atoms with Crippen LogP contribution < -0.4 is 0 Å². The van der Waals surface area contributed by atoms with Crippen molar-refractivity contribution in [1.82, 2.24) is 0 Å². The number of carbonyl (C=O) groups is 1. The summed E-state index contributed by atoms with van der Waals surface area (Å²) in [5.74, 6) is 0.707. The SMILES string of the molecule is C[C@@H]1C[C@H]2OC(=O)[C@@]3(C)CCC[C@@](C)([C@H]23)[C@@]12CC[C@@]1(C=COC1)O2. The molecule has 0 aromatic rings. The molecule has 0 N–H and O–H groups in total. The quantitative estimate of drug-likeness (QED) is 0.636.